The first kappa shape index (κ1) is 23.4. The highest BCUT2D eigenvalue weighted by Crippen LogP contribution is 2.29. The number of nitrogens with one attached hydrogen (secondary N) is 2. The third-order valence-electron chi connectivity index (χ3n) is 4.09. The normalized spacial score (nSPS) is 10.7. The Labute approximate surface area is 198 Å². The maximum atomic E-state index is 12.4. The zero-order chi connectivity index (χ0) is 22.4. The fourth-order valence-electron chi connectivity index (χ4n) is 2.71. The minimum atomic E-state index is -0.304. The van der Waals surface area contributed by atoms with Gasteiger partial charge in [-0.25, -0.2) is 0 Å². The summed E-state index contributed by atoms with van der Waals surface area (Å²) < 4.78 is 1.79. The molecule has 0 aliphatic heterocycles. The lowest BCUT2D eigenvalue weighted by Gasteiger charge is -2.10. The molecule has 0 bridgehead atoms. The van der Waals surface area contributed by atoms with Crippen LogP contribution in [0.3, 0.4) is 0 Å². The van der Waals surface area contributed by atoms with Gasteiger partial charge in [-0.15, -0.1) is 10.2 Å². The van der Waals surface area contributed by atoms with Gasteiger partial charge in [-0.2, -0.15) is 0 Å². The fraction of sp³-hybridized carbons (Fsp3) is 0.200. The summed E-state index contributed by atoms with van der Waals surface area (Å²) in [6.07, 6.45) is -0.00104. The van der Waals surface area contributed by atoms with Crippen molar-refractivity contribution in [2.24, 2.45) is 0 Å². The number of hydrogen-bond acceptors (Lipinski definition) is 5. The second-order valence-electron chi connectivity index (χ2n) is 6.32. The highest BCUT2D eigenvalue weighted by Gasteiger charge is 2.17. The van der Waals surface area contributed by atoms with E-state index >= 15 is 0 Å². The molecule has 3 rings (SSSR count). The van der Waals surface area contributed by atoms with Gasteiger partial charge in [0.1, 0.15) is 5.82 Å². The van der Waals surface area contributed by atoms with E-state index < -0.39 is 0 Å². The first-order valence-electron chi connectivity index (χ1n) is 9.21. The first-order valence-corrected chi connectivity index (χ1v) is 11.3. The molecule has 2 N–H and O–H groups in total. The molecular formula is C20H18Cl3N5O2S. The molecule has 11 heteroatoms. The van der Waals surface area contributed by atoms with Crippen molar-refractivity contribution >= 4 is 69.8 Å². The van der Waals surface area contributed by atoms with Gasteiger partial charge in [0, 0.05) is 17.3 Å². The zero-order valence-corrected chi connectivity index (χ0v) is 19.4. The quantitative estimate of drug-likeness (QED) is 0.418. The van der Waals surface area contributed by atoms with Gasteiger partial charge in [-0.3, -0.25) is 9.59 Å². The van der Waals surface area contributed by atoms with E-state index in [1.54, 1.807) is 47.0 Å². The topological polar surface area (TPSA) is 88.9 Å². The highest BCUT2D eigenvalue weighted by molar-refractivity contribution is 7.99. The molecule has 0 atom stereocenters. The molecule has 0 aliphatic rings. The fourth-order valence-corrected chi connectivity index (χ4v) is 4.07. The molecule has 0 radical (unpaired) electrons. The first-order chi connectivity index (χ1) is 14.9. The minimum Gasteiger partial charge on any atom is -0.325 e. The van der Waals surface area contributed by atoms with E-state index in [0.29, 0.717) is 38.9 Å². The standard InChI is InChI=1S/C20H18Cl3N5O2S/c1-2-28-16(10-17(29)25-15-8-4-7-14(22)19(15)23)26-27-20(28)31-11-18(30)24-13-6-3-5-12(21)9-13/h3-9H,2,10-11H2,1H3,(H,24,30)(H,25,29). The Morgan fingerprint density at radius 3 is 2.55 bits per heavy atom. The number of rotatable bonds is 8. The molecule has 0 fully saturated rings. The highest BCUT2D eigenvalue weighted by atomic mass is 35.5. The summed E-state index contributed by atoms with van der Waals surface area (Å²) in [6, 6.07) is 11.9. The van der Waals surface area contributed by atoms with Crippen LogP contribution < -0.4 is 10.6 Å². The maximum Gasteiger partial charge on any atom is 0.234 e. The third-order valence-corrected chi connectivity index (χ3v) is 6.12. The van der Waals surface area contributed by atoms with Crippen LogP contribution in [-0.4, -0.2) is 32.3 Å². The maximum absolute atomic E-state index is 12.4. The van der Waals surface area contributed by atoms with E-state index in [9.17, 15) is 9.59 Å². The molecule has 0 spiro atoms. The van der Waals surface area contributed by atoms with Gasteiger partial charge < -0.3 is 15.2 Å². The van der Waals surface area contributed by atoms with E-state index in [-0.39, 0.29) is 29.0 Å². The Bertz CT molecular complexity index is 1110. The van der Waals surface area contributed by atoms with Crippen LogP contribution in [-0.2, 0) is 22.6 Å². The average molecular weight is 499 g/mol. The summed E-state index contributed by atoms with van der Waals surface area (Å²) in [7, 11) is 0. The number of hydrogen-bond donors (Lipinski definition) is 2. The molecule has 0 aliphatic carbocycles. The van der Waals surface area contributed by atoms with Gasteiger partial charge in [0.25, 0.3) is 0 Å². The number of amides is 2. The van der Waals surface area contributed by atoms with Gasteiger partial charge in [-0.05, 0) is 37.3 Å². The number of aromatic nitrogens is 3. The molecule has 0 saturated heterocycles. The largest absolute Gasteiger partial charge is 0.325 e. The van der Waals surface area contributed by atoms with Gasteiger partial charge in [-0.1, -0.05) is 58.7 Å². The van der Waals surface area contributed by atoms with E-state index in [1.807, 2.05) is 6.92 Å². The molecule has 162 valence electrons. The van der Waals surface area contributed by atoms with Gasteiger partial charge >= 0.3 is 0 Å². The Hall–Kier alpha value is -2.26. The summed E-state index contributed by atoms with van der Waals surface area (Å²) in [5.41, 5.74) is 1.04. The number of carbonyl (C=O) groups excluding carboxylic acids is 2. The molecule has 7 nitrogen and oxygen atoms in total. The van der Waals surface area contributed by atoms with Crippen molar-refractivity contribution in [2.45, 2.75) is 25.0 Å². The van der Waals surface area contributed by atoms with Crippen LogP contribution in [0.25, 0.3) is 0 Å². The molecule has 2 amide bonds. The Balaban J connectivity index is 1.60. The third kappa shape index (κ3) is 6.36. The van der Waals surface area contributed by atoms with Crippen molar-refractivity contribution in [3.05, 3.63) is 63.4 Å². The molecule has 31 heavy (non-hydrogen) atoms. The van der Waals surface area contributed by atoms with E-state index in [4.69, 9.17) is 34.8 Å². The zero-order valence-electron chi connectivity index (χ0n) is 16.4. The Kier molecular flexibility index (Phi) is 8.20. The predicted molar refractivity (Wildman–Crippen MR) is 125 cm³/mol. The summed E-state index contributed by atoms with van der Waals surface area (Å²) in [5.74, 6) is 0.111. The monoisotopic (exact) mass is 497 g/mol. The lowest BCUT2D eigenvalue weighted by molar-refractivity contribution is -0.116. The van der Waals surface area contributed by atoms with E-state index in [1.165, 1.54) is 11.8 Å². The summed E-state index contributed by atoms with van der Waals surface area (Å²) in [4.78, 5) is 24.7. The summed E-state index contributed by atoms with van der Waals surface area (Å²) in [5, 5.41) is 15.4. The van der Waals surface area contributed by atoms with Crippen molar-refractivity contribution < 1.29 is 9.59 Å². The van der Waals surface area contributed by atoms with Gasteiger partial charge in [0.15, 0.2) is 5.16 Å². The summed E-state index contributed by atoms with van der Waals surface area (Å²) in [6.45, 7) is 2.46. The number of carbonyl (C=O) groups is 2. The van der Waals surface area contributed by atoms with Crippen LogP contribution in [0.2, 0.25) is 15.1 Å². The summed E-state index contributed by atoms with van der Waals surface area (Å²) >= 11 is 19.2. The molecule has 3 aromatic rings. The lowest BCUT2D eigenvalue weighted by Crippen LogP contribution is -2.18. The van der Waals surface area contributed by atoms with Crippen LogP contribution in [0.5, 0.6) is 0 Å². The number of thioether (sulfide) groups is 1. The van der Waals surface area contributed by atoms with Crippen molar-refractivity contribution in [1.29, 1.82) is 0 Å². The van der Waals surface area contributed by atoms with Crippen molar-refractivity contribution in [1.82, 2.24) is 14.8 Å². The van der Waals surface area contributed by atoms with Crippen LogP contribution >= 0.6 is 46.6 Å². The van der Waals surface area contributed by atoms with Crippen LogP contribution in [0.1, 0.15) is 12.7 Å². The van der Waals surface area contributed by atoms with Gasteiger partial charge in [0.2, 0.25) is 11.8 Å². The molecular weight excluding hydrogens is 481 g/mol. The average Bonchev–Trinajstić information content (AvgIpc) is 3.11. The molecule has 1 heterocycles. The SMILES string of the molecule is CCn1c(CC(=O)Nc2cccc(Cl)c2Cl)nnc1SCC(=O)Nc1cccc(Cl)c1. The second kappa shape index (κ2) is 10.9. The van der Waals surface area contributed by atoms with E-state index in [0.717, 1.165) is 0 Å². The Morgan fingerprint density at radius 1 is 1.03 bits per heavy atom. The predicted octanol–water partition coefficient (Wildman–Crippen LogP) is 5.17. The van der Waals surface area contributed by atoms with Crippen molar-refractivity contribution in [2.75, 3.05) is 16.4 Å². The van der Waals surface area contributed by atoms with Crippen LogP contribution in [0.4, 0.5) is 11.4 Å². The lowest BCUT2D eigenvalue weighted by atomic mass is 10.3. The van der Waals surface area contributed by atoms with Crippen LogP contribution in [0.15, 0.2) is 47.6 Å². The molecule has 0 saturated carbocycles. The van der Waals surface area contributed by atoms with Crippen molar-refractivity contribution in [3.63, 3.8) is 0 Å². The van der Waals surface area contributed by atoms with Gasteiger partial charge in [0.05, 0.1) is 27.9 Å². The molecule has 2 aromatic carbocycles. The second-order valence-corrected chi connectivity index (χ2v) is 8.48. The molecule has 1 aromatic heterocycles. The van der Waals surface area contributed by atoms with Crippen LogP contribution in [0, 0.1) is 0 Å². The number of halogens is 3. The van der Waals surface area contributed by atoms with E-state index in [2.05, 4.69) is 20.8 Å². The Morgan fingerprint density at radius 2 is 1.81 bits per heavy atom. The number of nitrogens with zero attached hydrogens (tertiary/aromatic N) is 3. The minimum absolute atomic E-state index is 0.00104. The number of anilines is 2. The smallest absolute Gasteiger partial charge is 0.234 e. The van der Waals surface area contributed by atoms with Crippen molar-refractivity contribution in [3.8, 4) is 0 Å². The molecule has 0 unspecified atom stereocenters. The number of benzene rings is 2.